The van der Waals surface area contributed by atoms with E-state index in [0.717, 1.165) is 50.6 Å². The highest BCUT2D eigenvalue weighted by molar-refractivity contribution is 5.87. The average molecular weight is 522 g/mol. The molecule has 3 N–H and O–H groups in total. The van der Waals surface area contributed by atoms with Crippen LogP contribution >= 0.6 is 0 Å². The third-order valence-electron chi connectivity index (χ3n) is 7.98. The van der Waals surface area contributed by atoms with E-state index >= 15 is 0 Å². The third kappa shape index (κ3) is 7.39. The molecule has 2 aromatic carbocycles. The van der Waals surface area contributed by atoms with Gasteiger partial charge in [-0.15, -0.1) is 0 Å². The van der Waals surface area contributed by atoms with Crippen LogP contribution in [0.1, 0.15) is 56.6 Å². The molecule has 1 heterocycles. The maximum Gasteiger partial charge on any atom is 0.269 e. The molecule has 204 valence electrons. The maximum atomic E-state index is 13.5. The molecule has 0 spiro atoms. The lowest BCUT2D eigenvalue weighted by molar-refractivity contribution is -0.384. The van der Waals surface area contributed by atoms with E-state index < -0.39 is 11.0 Å². The molecule has 1 aliphatic carbocycles. The summed E-state index contributed by atoms with van der Waals surface area (Å²) >= 11 is 0. The van der Waals surface area contributed by atoms with Gasteiger partial charge in [-0.3, -0.25) is 24.6 Å². The summed E-state index contributed by atoms with van der Waals surface area (Å²) < 4.78 is 0. The Morgan fingerprint density at radius 1 is 1.03 bits per heavy atom. The van der Waals surface area contributed by atoms with Gasteiger partial charge in [0.05, 0.1) is 4.92 Å². The number of nitro groups is 1. The molecule has 1 saturated carbocycles. The van der Waals surface area contributed by atoms with Crippen LogP contribution < -0.4 is 11.1 Å². The number of nitrogens with zero attached hydrogens (tertiary/aromatic N) is 3. The van der Waals surface area contributed by atoms with Gasteiger partial charge in [0.15, 0.2) is 0 Å². The predicted molar refractivity (Wildman–Crippen MR) is 146 cm³/mol. The number of piperidine rings is 1. The van der Waals surface area contributed by atoms with Crippen molar-refractivity contribution in [2.75, 3.05) is 13.1 Å². The second-order valence-corrected chi connectivity index (χ2v) is 10.7. The van der Waals surface area contributed by atoms with Crippen molar-refractivity contribution in [1.82, 2.24) is 15.1 Å². The van der Waals surface area contributed by atoms with E-state index in [9.17, 15) is 19.7 Å². The predicted octanol–water partition coefficient (Wildman–Crippen LogP) is 3.41. The Labute approximate surface area is 224 Å². The molecule has 0 aromatic heterocycles. The first-order valence-electron chi connectivity index (χ1n) is 13.6. The van der Waals surface area contributed by atoms with Crippen LogP contribution in [0.4, 0.5) is 5.69 Å². The molecule has 4 rings (SSSR count). The number of hydrogen-bond donors (Lipinski definition) is 2. The fourth-order valence-corrected chi connectivity index (χ4v) is 5.73. The van der Waals surface area contributed by atoms with Crippen LogP contribution in [0.25, 0.3) is 0 Å². The van der Waals surface area contributed by atoms with Gasteiger partial charge in [0.25, 0.3) is 5.69 Å². The number of likely N-dealkylation sites (tertiary alicyclic amines) is 1. The number of nitrogens with two attached hydrogens (primary N) is 1. The number of non-ortho nitro benzene ring substituents is 1. The smallest absolute Gasteiger partial charge is 0.269 e. The van der Waals surface area contributed by atoms with Gasteiger partial charge >= 0.3 is 0 Å². The SMILES string of the molecule is CC(=O)N1CCC(N(CCc2ccccc2)Cc2ccc([N+](=O)[O-])cc2)C[C@@H]1C(=O)NC1CCC(N)CC1. The summed E-state index contributed by atoms with van der Waals surface area (Å²) in [5, 5.41) is 14.3. The van der Waals surface area contributed by atoms with E-state index in [-0.39, 0.29) is 35.6 Å². The van der Waals surface area contributed by atoms with Crippen LogP contribution in [0.3, 0.4) is 0 Å². The summed E-state index contributed by atoms with van der Waals surface area (Å²) in [6, 6.07) is 16.8. The van der Waals surface area contributed by atoms with Gasteiger partial charge in [0.2, 0.25) is 11.8 Å². The van der Waals surface area contributed by atoms with Gasteiger partial charge in [-0.2, -0.15) is 0 Å². The first-order valence-corrected chi connectivity index (χ1v) is 13.6. The van der Waals surface area contributed by atoms with Crippen LogP contribution in [0.5, 0.6) is 0 Å². The number of hydrogen-bond acceptors (Lipinski definition) is 6. The summed E-state index contributed by atoms with van der Waals surface area (Å²) in [6.07, 6.45) is 5.70. The van der Waals surface area contributed by atoms with E-state index in [4.69, 9.17) is 5.73 Å². The second-order valence-electron chi connectivity index (χ2n) is 10.7. The number of nitro benzene ring substituents is 1. The van der Waals surface area contributed by atoms with E-state index in [1.165, 1.54) is 24.6 Å². The first-order chi connectivity index (χ1) is 18.3. The molecule has 9 nitrogen and oxygen atoms in total. The zero-order valence-electron chi connectivity index (χ0n) is 22.1. The van der Waals surface area contributed by atoms with Crippen molar-refractivity contribution < 1.29 is 14.5 Å². The number of carbonyl (C=O) groups is 2. The molecule has 1 saturated heterocycles. The molecular weight excluding hydrogens is 482 g/mol. The van der Waals surface area contributed by atoms with Crippen molar-refractivity contribution in [2.45, 2.75) is 82.6 Å². The highest BCUT2D eigenvalue weighted by Gasteiger charge is 2.38. The zero-order valence-corrected chi connectivity index (χ0v) is 22.1. The van der Waals surface area contributed by atoms with E-state index in [1.54, 1.807) is 17.0 Å². The zero-order chi connectivity index (χ0) is 27.1. The summed E-state index contributed by atoms with van der Waals surface area (Å²) in [7, 11) is 0. The quantitative estimate of drug-likeness (QED) is 0.385. The van der Waals surface area contributed by atoms with Gasteiger partial charge in [0.1, 0.15) is 6.04 Å². The minimum Gasteiger partial charge on any atom is -0.352 e. The third-order valence-corrected chi connectivity index (χ3v) is 7.98. The Morgan fingerprint density at radius 3 is 2.34 bits per heavy atom. The molecule has 1 aliphatic heterocycles. The van der Waals surface area contributed by atoms with E-state index in [2.05, 4.69) is 22.3 Å². The Hall–Kier alpha value is -3.30. The minimum atomic E-state index is -0.516. The van der Waals surface area contributed by atoms with Gasteiger partial charge in [0, 0.05) is 56.8 Å². The number of carbonyl (C=O) groups excluding carboxylic acids is 2. The van der Waals surface area contributed by atoms with Crippen LogP contribution in [0.2, 0.25) is 0 Å². The summed E-state index contributed by atoms with van der Waals surface area (Å²) in [5.41, 5.74) is 8.32. The Morgan fingerprint density at radius 2 is 1.71 bits per heavy atom. The van der Waals surface area contributed by atoms with Crippen molar-refractivity contribution in [2.24, 2.45) is 5.73 Å². The van der Waals surface area contributed by atoms with Gasteiger partial charge < -0.3 is 16.0 Å². The van der Waals surface area contributed by atoms with E-state index in [0.29, 0.717) is 19.5 Å². The molecule has 38 heavy (non-hydrogen) atoms. The Kier molecular flexibility index (Phi) is 9.47. The molecule has 2 aromatic rings. The normalized spacial score (nSPS) is 23.7. The van der Waals surface area contributed by atoms with Gasteiger partial charge in [-0.05, 0) is 56.1 Å². The number of nitrogens with one attached hydrogen (secondary N) is 1. The lowest BCUT2D eigenvalue weighted by Gasteiger charge is -2.43. The van der Waals surface area contributed by atoms with Crippen LogP contribution in [-0.4, -0.2) is 63.8 Å². The summed E-state index contributed by atoms with van der Waals surface area (Å²) in [5.74, 6) is -0.163. The molecule has 2 amide bonds. The number of benzene rings is 2. The molecule has 9 heteroatoms. The van der Waals surface area contributed by atoms with Crippen molar-refractivity contribution in [3.05, 3.63) is 75.8 Å². The fourth-order valence-electron chi connectivity index (χ4n) is 5.73. The molecule has 2 atom stereocenters. The highest BCUT2D eigenvalue weighted by atomic mass is 16.6. The lowest BCUT2D eigenvalue weighted by Crippen LogP contribution is -2.58. The fraction of sp³-hybridized carbons (Fsp3) is 0.517. The number of rotatable bonds is 9. The molecule has 1 unspecified atom stereocenters. The van der Waals surface area contributed by atoms with Crippen molar-refractivity contribution in [3.8, 4) is 0 Å². The minimum absolute atomic E-state index is 0.0692. The van der Waals surface area contributed by atoms with Crippen molar-refractivity contribution in [3.63, 3.8) is 0 Å². The molecule has 2 fully saturated rings. The van der Waals surface area contributed by atoms with Crippen LogP contribution in [-0.2, 0) is 22.6 Å². The van der Waals surface area contributed by atoms with Crippen LogP contribution in [0, 0.1) is 10.1 Å². The largest absolute Gasteiger partial charge is 0.352 e. The lowest BCUT2D eigenvalue weighted by atomic mass is 9.90. The standard InChI is InChI=1S/C29H39N5O4/c1-21(35)33-18-16-27(19-28(33)29(36)31-25-11-9-24(30)10-12-25)32(17-15-22-5-3-2-4-6-22)20-23-7-13-26(14-8-23)34(37)38/h2-8,13-14,24-25,27-28H,9-12,15-20,30H2,1H3,(H,31,36)/t24?,25?,27?,28-/m1/s1. The molecule has 0 radical (unpaired) electrons. The summed E-state index contributed by atoms with van der Waals surface area (Å²) in [6.45, 7) is 3.45. The molecular formula is C29H39N5O4. The molecule has 0 bridgehead atoms. The second kappa shape index (κ2) is 13.0. The van der Waals surface area contributed by atoms with Crippen molar-refractivity contribution >= 4 is 17.5 Å². The van der Waals surface area contributed by atoms with E-state index in [1.807, 2.05) is 18.2 Å². The van der Waals surface area contributed by atoms with Crippen LogP contribution in [0.15, 0.2) is 54.6 Å². The maximum absolute atomic E-state index is 13.5. The first kappa shape index (κ1) is 27.7. The highest BCUT2D eigenvalue weighted by Crippen LogP contribution is 2.26. The Balaban J connectivity index is 1.50. The topological polar surface area (TPSA) is 122 Å². The average Bonchev–Trinajstić information content (AvgIpc) is 2.92. The number of amides is 2. The Bertz CT molecular complexity index is 1090. The van der Waals surface area contributed by atoms with Crippen molar-refractivity contribution in [1.29, 1.82) is 0 Å². The molecule has 2 aliphatic rings. The monoisotopic (exact) mass is 521 g/mol. The van der Waals surface area contributed by atoms with Gasteiger partial charge in [-0.25, -0.2) is 0 Å². The summed E-state index contributed by atoms with van der Waals surface area (Å²) in [4.78, 5) is 40.7. The van der Waals surface area contributed by atoms with Gasteiger partial charge in [-0.1, -0.05) is 42.5 Å².